The van der Waals surface area contributed by atoms with Crippen molar-refractivity contribution >= 4 is 40.2 Å². The molecule has 5 heteroatoms. The molecule has 3 aromatic carbocycles. The molecule has 0 saturated heterocycles. The molecule has 5 nitrogen and oxygen atoms in total. The van der Waals surface area contributed by atoms with Gasteiger partial charge in [0.2, 0.25) is 11.8 Å². The van der Waals surface area contributed by atoms with Gasteiger partial charge in [-0.1, -0.05) is 54.6 Å². The van der Waals surface area contributed by atoms with Crippen LogP contribution in [0.15, 0.2) is 97.2 Å². The average molecular weight is 436 g/mol. The lowest BCUT2D eigenvalue weighted by molar-refractivity contribution is -0.118. The van der Waals surface area contributed by atoms with Gasteiger partial charge in [0, 0.05) is 41.1 Å². The van der Waals surface area contributed by atoms with E-state index in [1.54, 1.807) is 17.2 Å². The molecule has 0 spiro atoms. The summed E-state index contributed by atoms with van der Waals surface area (Å²) in [5.74, 6) is -0.194. The van der Waals surface area contributed by atoms with E-state index in [0.717, 1.165) is 27.7 Å². The SMILES string of the molecule is CCN(C(=O)Cc1ccc(NC(=O)/C=C/c2cccc3cccnc23)cc1)c1ccccc1. The lowest BCUT2D eigenvalue weighted by Crippen LogP contribution is -2.31. The number of rotatable bonds is 7. The first kappa shape index (κ1) is 22.0. The standard InChI is InChI=1S/C28H25N3O2/c1-2-31(25-11-4-3-5-12-25)27(33)20-21-13-16-24(17-14-21)30-26(32)18-15-23-9-6-8-22-10-7-19-29-28(22)23/h3-19H,2,20H2,1H3,(H,30,32)/b18-15+. The molecule has 33 heavy (non-hydrogen) atoms. The number of pyridine rings is 1. The Balaban J connectivity index is 1.37. The van der Waals surface area contributed by atoms with Crippen LogP contribution < -0.4 is 10.2 Å². The number of anilines is 2. The van der Waals surface area contributed by atoms with Crippen molar-refractivity contribution in [3.63, 3.8) is 0 Å². The monoisotopic (exact) mass is 435 g/mol. The van der Waals surface area contributed by atoms with Gasteiger partial charge < -0.3 is 10.2 Å². The van der Waals surface area contributed by atoms with Crippen LogP contribution >= 0.6 is 0 Å². The van der Waals surface area contributed by atoms with E-state index in [4.69, 9.17) is 0 Å². The van der Waals surface area contributed by atoms with E-state index >= 15 is 0 Å². The number of amides is 2. The highest BCUT2D eigenvalue weighted by molar-refractivity contribution is 6.03. The minimum Gasteiger partial charge on any atom is -0.323 e. The van der Waals surface area contributed by atoms with Crippen LogP contribution in [-0.2, 0) is 16.0 Å². The number of likely N-dealkylation sites (N-methyl/N-ethyl adjacent to an activating group) is 1. The molecule has 4 aromatic rings. The molecule has 0 saturated carbocycles. The predicted molar refractivity (Wildman–Crippen MR) is 134 cm³/mol. The van der Waals surface area contributed by atoms with Gasteiger partial charge in [0.1, 0.15) is 0 Å². The number of benzene rings is 3. The van der Waals surface area contributed by atoms with Crippen LogP contribution in [0.5, 0.6) is 0 Å². The van der Waals surface area contributed by atoms with Crippen LogP contribution in [0.25, 0.3) is 17.0 Å². The molecule has 1 heterocycles. The molecule has 2 amide bonds. The van der Waals surface area contributed by atoms with Crippen molar-refractivity contribution in [2.75, 3.05) is 16.8 Å². The Morgan fingerprint density at radius 2 is 1.67 bits per heavy atom. The molecular weight excluding hydrogens is 410 g/mol. The maximum Gasteiger partial charge on any atom is 0.248 e. The summed E-state index contributed by atoms with van der Waals surface area (Å²) < 4.78 is 0. The van der Waals surface area contributed by atoms with Crippen molar-refractivity contribution in [2.45, 2.75) is 13.3 Å². The summed E-state index contributed by atoms with van der Waals surface area (Å²) in [7, 11) is 0. The highest BCUT2D eigenvalue weighted by Gasteiger charge is 2.14. The molecule has 164 valence electrons. The van der Waals surface area contributed by atoms with E-state index in [2.05, 4.69) is 10.3 Å². The number of aromatic nitrogens is 1. The Hall–Kier alpha value is -4.25. The van der Waals surface area contributed by atoms with Gasteiger partial charge in [0.25, 0.3) is 0 Å². The normalized spacial score (nSPS) is 10.9. The number of nitrogens with one attached hydrogen (secondary N) is 1. The summed E-state index contributed by atoms with van der Waals surface area (Å²) in [5, 5.41) is 3.89. The largest absolute Gasteiger partial charge is 0.323 e. The molecule has 4 rings (SSSR count). The van der Waals surface area contributed by atoms with Gasteiger partial charge in [-0.15, -0.1) is 0 Å². The summed E-state index contributed by atoms with van der Waals surface area (Å²) in [6, 6.07) is 26.8. The Morgan fingerprint density at radius 3 is 2.42 bits per heavy atom. The van der Waals surface area contributed by atoms with Crippen LogP contribution in [0.3, 0.4) is 0 Å². The fraction of sp³-hybridized carbons (Fsp3) is 0.107. The summed E-state index contributed by atoms with van der Waals surface area (Å²) in [6.45, 7) is 2.57. The van der Waals surface area contributed by atoms with Crippen LogP contribution in [-0.4, -0.2) is 23.3 Å². The van der Waals surface area contributed by atoms with E-state index in [1.807, 2.05) is 91.9 Å². The van der Waals surface area contributed by atoms with Gasteiger partial charge in [-0.2, -0.15) is 0 Å². The lowest BCUT2D eigenvalue weighted by atomic mass is 10.1. The molecule has 0 aliphatic heterocycles. The predicted octanol–water partition coefficient (Wildman–Crippen LogP) is 5.48. The Bertz CT molecular complexity index is 1280. The number of hydrogen-bond donors (Lipinski definition) is 1. The van der Waals surface area contributed by atoms with Crippen LogP contribution in [0, 0.1) is 0 Å². The highest BCUT2D eigenvalue weighted by Crippen LogP contribution is 2.18. The third-order valence-electron chi connectivity index (χ3n) is 5.34. The fourth-order valence-corrected chi connectivity index (χ4v) is 3.70. The summed E-state index contributed by atoms with van der Waals surface area (Å²) in [4.78, 5) is 31.3. The Kier molecular flexibility index (Phi) is 6.90. The molecule has 0 aliphatic rings. The smallest absolute Gasteiger partial charge is 0.248 e. The van der Waals surface area contributed by atoms with Gasteiger partial charge in [0.15, 0.2) is 0 Å². The fourth-order valence-electron chi connectivity index (χ4n) is 3.70. The van der Waals surface area contributed by atoms with Crippen molar-refractivity contribution in [3.05, 3.63) is 108 Å². The lowest BCUT2D eigenvalue weighted by Gasteiger charge is -2.21. The minimum absolute atomic E-state index is 0.0344. The molecule has 0 aliphatic carbocycles. The Labute approximate surface area is 193 Å². The van der Waals surface area contributed by atoms with E-state index in [0.29, 0.717) is 18.7 Å². The van der Waals surface area contributed by atoms with Crippen LogP contribution in [0.1, 0.15) is 18.1 Å². The van der Waals surface area contributed by atoms with E-state index < -0.39 is 0 Å². The molecule has 0 radical (unpaired) electrons. The van der Waals surface area contributed by atoms with E-state index in [-0.39, 0.29) is 11.8 Å². The summed E-state index contributed by atoms with van der Waals surface area (Å²) in [5.41, 5.74) is 4.20. The van der Waals surface area contributed by atoms with Gasteiger partial charge >= 0.3 is 0 Å². The Morgan fingerprint density at radius 1 is 0.909 bits per heavy atom. The van der Waals surface area contributed by atoms with Crippen LogP contribution in [0.2, 0.25) is 0 Å². The second-order valence-corrected chi connectivity index (χ2v) is 7.59. The zero-order chi connectivity index (χ0) is 23.0. The van der Waals surface area contributed by atoms with Crippen molar-refractivity contribution in [2.24, 2.45) is 0 Å². The van der Waals surface area contributed by atoms with Crippen LogP contribution in [0.4, 0.5) is 11.4 Å². The molecule has 0 atom stereocenters. The first-order valence-corrected chi connectivity index (χ1v) is 10.9. The molecule has 1 N–H and O–H groups in total. The molecule has 0 unspecified atom stereocenters. The third kappa shape index (κ3) is 5.52. The highest BCUT2D eigenvalue weighted by atomic mass is 16.2. The van der Waals surface area contributed by atoms with E-state index in [1.165, 1.54) is 6.08 Å². The van der Waals surface area contributed by atoms with Gasteiger partial charge in [-0.05, 0) is 48.9 Å². The quantitative estimate of drug-likeness (QED) is 0.391. The number of hydrogen-bond acceptors (Lipinski definition) is 3. The average Bonchev–Trinajstić information content (AvgIpc) is 2.85. The summed E-state index contributed by atoms with van der Waals surface area (Å²) >= 11 is 0. The van der Waals surface area contributed by atoms with E-state index in [9.17, 15) is 9.59 Å². The maximum atomic E-state index is 12.8. The first-order chi connectivity index (χ1) is 16.1. The van der Waals surface area contributed by atoms with Crippen molar-refractivity contribution in [3.8, 4) is 0 Å². The van der Waals surface area contributed by atoms with Gasteiger partial charge in [-0.3, -0.25) is 14.6 Å². The second kappa shape index (κ2) is 10.4. The van der Waals surface area contributed by atoms with Gasteiger partial charge in [-0.25, -0.2) is 0 Å². The molecular formula is C28H25N3O2. The molecule has 0 bridgehead atoms. The summed E-state index contributed by atoms with van der Waals surface area (Å²) in [6.07, 6.45) is 5.30. The first-order valence-electron chi connectivity index (χ1n) is 10.9. The number of para-hydroxylation sites is 2. The number of fused-ring (bicyclic) bond motifs is 1. The zero-order valence-corrected chi connectivity index (χ0v) is 18.4. The van der Waals surface area contributed by atoms with Crippen molar-refractivity contribution in [1.82, 2.24) is 4.98 Å². The number of carbonyl (C=O) groups excluding carboxylic acids is 2. The third-order valence-corrected chi connectivity index (χ3v) is 5.34. The topological polar surface area (TPSA) is 62.3 Å². The van der Waals surface area contributed by atoms with Gasteiger partial charge in [0.05, 0.1) is 11.9 Å². The minimum atomic E-state index is -0.229. The molecule has 0 fully saturated rings. The zero-order valence-electron chi connectivity index (χ0n) is 18.4. The second-order valence-electron chi connectivity index (χ2n) is 7.59. The van der Waals surface area contributed by atoms with Crippen molar-refractivity contribution in [1.29, 1.82) is 0 Å². The number of nitrogens with zero attached hydrogens (tertiary/aromatic N) is 2. The molecule has 1 aromatic heterocycles. The maximum absolute atomic E-state index is 12.8. The number of carbonyl (C=O) groups is 2. The van der Waals surface area contributed by atoms with Crippen molar-refractivity contribution < 1.29 is 9.59 Å².